The van der Waals surface area contributed by atoms with Crippen molar-refractivity contribution in [3.63, 3.8) is 0 Å². The first-order chi connectivity index (χ1) is 8.58. The lowest BCUT2D eigenvalue weighted by Crippen LogP contribution is -2.51. The van der Waals surface area contributed by atoms with E-state index in [1.54, 1.807) is 4.90 Å². The molecule has 2 saturated carbocycles. The molecule has 5 heteroatoms. The van der Waals surface area contributed by atoms with E-state index >= 15 is 0 Å². The zero-order chi connectivity index (χ0) is 13.1. The third-order valence-corrected chi connectivity index (χ3v) is 3.98. The normalized spacial score (nSPS) is 21.8. The number of nitrogens with two attached hydrogens (primary N) is 2. The van der Waals surface area contributed by atoms with Crippen molar-refractivity contribution < 1.29 is 9.59 Å². The molecule has 0 aromatic rings. The Hall–Kier alpha value is -1.10. The molecule has 2 aliphatic rings. The van der Waals surface area contributed by atoms with E-state index in [2.05, 4.69) is 0 Å². The maximum absolute atomic E-state index is 12.3. The molecule has 0 spiro atoms. The van der Waals surface area contributed by atoms with Crippen LogP contribution < -0.4 is 11.5 Å². The predicted octanol–water partition coefficient (Wildman–Crippen LogP) is 0.370. The summed E-state index contributed by atoms with van der Waals surface area (Å²) >= 11 is 0. The SMILES string of the molecule is NC(=O)CN(C(=O)C(N)CC1CC1)C1CCCC1. The van der Waals surface area contributed by atoms with Gasteiger partial charge < -0.3 is 16.4 Å². The van der Waals surface area contributed by atoms with E-state index in [0.717, 1.165) is 32.1 Å². The molecule has 18 heavy (non-hydrogen) atoms. The molecule has 2 fully saturated rings. The summed E-state index contributed by atoms with van der Waals surface area (Å²) in [6.07, 6.45) is 7.28. The molecular formula is C13H23N3O2. The van der Waals surface area contributed by atoms with Gasteiger partial charge in [-0.25, -0.2) is 0 Å². The average Bonchev–Trinajstić information content (AvgIpc) is 2.96. The predicted molar refractivity (Wildman–Crippen MR) is 68.5 cm³/mol. The van der Waals surface area contributed by atoms with Crippen molar-refractivity contribution in [2.24, 2.45) is 17.4 Å². The van der Waals surface area contributed by atoms with E-state index in [4.69, 9.17) is 11.5 Å². The molecule has 4 N–H and O–H groups in total. The van der Waals surface area contributed by atoms with Crippen LogP contribution >= 0.6 is 0 Å². The Balaban J connectivity index is 1.96. The number of primary amides is 1. The summed E-state index contributed by atoms with van der Waals surface area (Å²) in [4.78, 5) is 25.1. The molecule has 0 aromatic heterocycles. The number of carbonyl (C=O) groups is 2. The van der Waals surface area contributed by atoms with E-state index in [-0.39, 0.29) is 18.5 Å². The highest BCUT2D eigenvalue weighted by Crippen LogP contribution is 2.33. The minimum absolute atomic E-state index is 0.0157. The largest absolute Gasteiger partial charge is 0.368 e. The molecule has 0 radical (unpaired) electrons. The van der Waals surface area contributed by atoms with Crippen molar-refractivity contribution in [1.29, 1.82) is 0 Å². The van der Waals surface area contributed by atoms with Gasteiger partial charge in [-0.05, 0) is 25.2 Å². The molecule has 102 valence electrons. The Labute approximate surface area is 108 Å². The third kappa shape index (κ3) is 3.45. The fraction of sp³-hybridized carbons (Fsp3) is 0.846. The third-order valence-electron chi connectivity index (χ3n) is 3.98. The number of hydrogen-bond acceptors (Lipinski definition) is 3. The van der Waals surface area contributed by atoms with Crippen LogP contribution in [0.1, 0.15) is 44.9 Å². The van der Waals surface area contributed by atoms with E-state index in [1.807, 2.05) is 0 Å². The van der Waals surface area contributed by atoms with Crippen LogP contribution in [0.15, 0.2) is 0 Å². The molecule has 1 atom stereocenters. The first-order valence-electron chi connectivity index (χ1n) is 6.92. The molecule has 0 aliphatic heterocycles. The maximum Gasteiger partial charge on any atom is 0.240 e. The molecule has 2 amide bonds. The van der Waals surface area contributed by atoms with Crippen molar-refractivity contribution in [1.82, 2.24) is 4.90 Å². The van der Waals surface area contributed by atoms with Crippen LogP contribution in [0.25, 0.3) is 0 Å². The fourth-order valence-corrected chi connectivity index (χ4v) is 2.80. The topological polar surface area (TPSA) is 89.4 Å². The summed E-state index contributed by atoms with van der Waals surface area (Å²) in [7, 11) is 0. The molecule has 0 aromatic carbocycles. The zero-order valence-electron chi connectivity index (χ0n) is 10.8. The Morgan fingerprint density at radius 3 is 2.28 bits per heavy atom. The maximum atomic E-state index is 12.3. The quantitative estimate of drug-likeness (QED) is 0.716. The van der Waals surface area contributed by atoms with Crippen molar-refractivity contribution >= 4 is 11.8 Å². The van der Waals surface area contributed by atoms with Gasteiger partial charge in [-0.1, -0.05) is 25.7 Å². The minimum atomic E-state index is -0.461. The first kappa shape index (κ1) is 13.3. The molecule has 5 nitrogen and oxygen atoms in total. The van der Waals surface area contributed by atoms with Gasteiger partial charge in [0.2, 0.25) is 11.8 Å². The number of carbonyl (C=O) groups excluding carboxylic acids is 2. The lowest BCUT2D eigenvalue weighted by molar-refractivity contribution is -0.138. The average molecular weight is 253 g/mol. The second-order valence-corrected chi connectivity index (χ2v) is 5.66. The molecule has 0 heterocycles. The van der Waals surface area contributed by atoms with Crippen molar-refractivity contribution in [2.45, 2.75) is 57.0 Å². The van der Waals surface area contributed by atoms with Crippen molar-refractivity contribution in [3.05, 3.63) is 0 Å². The van der Waals surface area contributed by atoms with Gasteiger partial charge in [0.25, 0.3) is 0 Å². The summed E-state index contributed by atoms with van der Waals surface area (Å²) in [6, 6.07) is -0.298. The smallest absolute Gasteiger partial charge is 0.240 e. The van der Waals surface area contributed by atoms with E-state index in [0.29, 0.717) is 5.92 Å². The lowest BCUT2D eigenvalue weighted by atomic mass is 10.1. The van der Waals surface area contributed by atoms with Gasteiger partial charge in [0.05, 0.1) is 12.6 Å². The van der Waals surface area contributed by atoms with Gasteiger partial charge in [0.1, 0.15) is 0 Å². The van der Waals surface area contributed by atoms with Gasteiger partial charge in [0.15, 0.2) is 0 Å². The Morgan fingerprint density at radius 2 is 1.78 bits per heavy atom. The molecule has 0 saturated heterocycles. The second-order valence-electron chi connectivity index (χ2n) is 5.66. The summed E-state index contributed by atoms with van der Waals surface area (Å²) < 4.78 is 0. The van der Waals surface area contributed by atoms with Gasteiger partial charge >= 0.3 is 0 Å². The monoisotopic (exact) mass is 253 g/mol. The molecular weight excluding hydrogens is 230 g/mol. The minimum Gasteiger partial charge on any atom is -0.368 e. The number of rotatable bonds is 6. The number of nitrogens with zero attached hydrogens (tertiary/aromatic N) is 1. The van der Waals surface area contributed by atoms with Gasteiger partial charge in [-0.15, -0.1) is 0 Å². The van der Waals surface area contributed by atoms with Gasteiger partial charge in [0, 0.05) is 6.04 Å². The van der Waals surface area contributed by atoms with E-state index < -0.39 is 11.9 Å². The highest BCUT2D eigenvalue weighted by Gasteiger charge is 2.33. The molecule has 0 bridgehead atoms. The number of amides is 2. The standard InChI is InChI=1S/C13H23N3O2/c14-11(7-9-5-6-9)13(18)16(8-12(15)17)10-3-1-2-4-10/h9-11H,1-8,14H2,(H2,15,17). The summed E-state index contributed by atoms with van der Waals surface area (Å²) in [5.74, 6) is 0.0735. The van der Waals surface area contributed by atoms with Crippen LogP contribution in [0.2, 0.25) is 0 Å². The molecule has 1 unspecified atom stereocenters. The van der Waals surface area contributed by atoms with Crippen LogP contribution in [-0.2, 0) is 9.59 Å². The van der Waals surface area contributed by atoms with Crippen LogP contribution in [-0.4, -0.2) is 35.3 Å². The highest BCUT2D eigenvalue weighted by molar-refractivity contribution is 5.87. The summed E-state index contributed by atoms with van der Waals surface area (Å²) in [5.41, 5.74) is 11.2. The Bertz CT molecular complexity index is 322. The number of hydrogen-bond donors (Lipinski definition) is 2. The lowest BCUT2D eigenvalue weighted by Gasteiger charge is -2.30. The Kier molecular flexibility index (Phi) is 4.22. The first-order valence-corrected chi connectivity index (χ1v) is 6.92. The van der Waals surface area contributed by atoms with Crippen LogP contribution in [0.5, 0.6) is 0 Å². The van der Waals surface area contributed by atoms with Gasteiger partial charge in [-0.3, -0.25) is 9.59 Å². The molecule has 2 rings (SSSR count). The molecule has 2 aliphatic carbocycles. The second kappa shape index (κ2) is 5.69. The zero-order valence-corrected chi connectivity index (χ0v) is 10.8. The highest BCUT2D eigenvalue weighted by atomic mass is 16.2. The van der Waals surface area contributed by atoms with E-state index in [9.17, 15) is 9.59 Å². The summed E-state index contributed by atoms with van der Waals surface area (Å²) in [5, 5.41) is 0. The van der Waals surface area contributed by atoms with Crippen molar-refractivity contribution in [3.8, 4) is 0 Å². The van der Waals surface area contributed by atoms with Crippen molar-refractivity contribution in [2.75, 3.05) is 6.54 Å². The van der Waals surface area contributed by atoms with E-state index in [1.165, 1.54) is 12.8 Å². The summed E-state index contributed by atoms with van der Waals surface area (Å²) in [6.45, 7) is 0.0157. The van der Waals surface area contributed by atoms with Gasteiger partial charge in [-0.2, -0.15) is 0 Å². The fourth-order valence-electron chi connectivity index (χ4n) is 2.80. The Morgan fingerprint density at radius 1 is 1.17 bits per heavy atom. The van der Waals surface area contributed by atoms with Crippen LogP contribution in [0, 0.1) is 5.92 Å². The van der Waals surface area contributed by atoms with Crippen LogP contribution in [0.4, 0.5) is 0 Å². The van der Waals surface area contributed by atoms with Crippen LogP contribution in [0.3, 0.4) is 0 Å².